The number of hydrogen-bond acceptors (Lipinski definition) is 4. The van der Waals surface area contributed by atoms with Gasteiger partial charge in [-0.2, -0.15) is 0 Å². The lowest BCUT2D eigenvalue weighted by Crippen LogP contribution is -2.15. The number of thiophene rings is 1. The first kappa shape index (κ1) is 59.8. The Morgan fingerprint density at radius 3 is 1.49 bits per heavy atom. The topological polar surface area (TPSA) is 54.2 Å². The molecule has 0 amide bonds. The van der Waals surface area contributed by atoms with Crippen LogP contribution in [0.15, 0.2) is 323 Å². The monoisotopic (exact) mass is 1410 g/mol. The summed E-state index contributed by atoms with van der Waals surface area (Å²) in [5.74, 6) is 0. The van der Waals surface area contributed by atoms with E-state index in [1.807, 2.05) is 11.3 Å². The van der Waals surface area contributed by atoms with Gasteiger partial charge in [-0.1, -0.05) is 228 Å². The molecule has 0 saturated carbocycles. The smallest absolute Gasteiger partial charge is 0.160 e. The molecule has 7 heterocycles. The molecule has 510 valence electrons. The first-order valence-electron chi connectivity index (χ1n) is 37.8. The van der Waals surface area contributed by atoms with Crippen LogP contribution in [-0.4, -0.2) is 13.7 Å². The molecule has 23 aromatic rings. The summed E-state index contributed by atoms with van der Waals surface area (Å²) < 4.78 is 31.6. The van der Waals surface area contributed by atoms with Crippen molar-refractivity contribution in [2.24, 2.45) is 0 Å². The van der Waals surface area contributed by atoms with E-state index in [4.69, 9.17) is 13.3 Å². The normalized spacial score (nSPS) is 13.8. The van der Waals surface area contributed by atoms with Crippen molar-refractivity contribution < 1.29 is 13.3 Å². The van der Waals surface area contributed by atoms with Crippen LogP contribution in [0.5, 0.6) is 0 Å². The third kappa shape index (κ3) is 7.78. The highest BCUT2D eigenvalue weighted by Gasteiger charge is 2.44. The largest absolute Gasteiger partial charge is 0.454 e. The summed E-state index contributed by atoms with van der Waals surface area (Å²) in [5, 5.41) is 16.5. The van der Waals surface area contributed by atoms with E-state index in [0.717, 1.165) is 133 Å². The molecule has 0 unspecified atom stereocenters. The van der Waals surface area contributed by atoms with E-state index in [1.54, 1.807) is 0 Å². The van der Waals surface area contributed by atoms with E-state index < -0.39 is 0 Å². The van der Waals surface area contributed by atoms with Crippen molar-refractivity contribution in [3.63, 3.8) is 0 Å². The minimum absolute atomic E-state index is 0.272. The van der Waals surface area contributed by atoms with Crippen molar-refractivity contribution >= 4 is 163 Å². The van der Waals surface area contributed by atoms with Gasteiger partial charge in [-0.15, -0.1) is 11.3 Å². The van der Waals surface area contributed by atoms with E-state index in [-0.39, 0.29) is 10.8 Å². The predicted octanol–water partition coefficient (Wildman–Crippen LogP) is 28.7. The van der Waals surface area contributed by atoms with Crippen molar-refractivity contribution in [1.82, 2.24) is 13.7 Å². The molecule has 7 heteroatoms. The minimum Gasteiger partial charge on any atom is -0.454 e. The molecule has 0 aliphatic heterocycles. The van der Waals surface area contributed by atoms with Crippen LogP contribution in [0, 0.1) is 0 Å². The summed E-state index contributed by atoms with van der Waals surface area (Å²) in [6, 6.07) is 114. The zero-order valence-electron chi connectivity index (χ0n) is 59.9. The molecular weight excluding hydrogens is 1350 g/mol. The molecule has 2 aliphatic carbocycles. The molecule has 0 fully saturated rings. The molecule has 2 aliphatic rings. The molecule has 6 nitrogen and oxygen atoms in total. The van der Waals surface area contributed by atoms with Crippen LogP contribution in [0.3, 0.4) is 0 Å². The van der Waals surface area contributed by atoms with Crippen molar-refractivity contribution in [2.75, 3.05) is 0 Å². The van der Waals surface area contributed by atoms with Gasteiger partial charge in [0.2, 0.25) is 0 Å². The summed E-state index contributed by atoms with van der Waals surface area (Å²) in [6.45, 7) is 9.55. The van der Waals surface area contributed by atoms with Gasteiger partial charge in [0.05, 0.1) is 38.8 Å². The van der Waals surface area contributed by atoms with Gasteiger partial charge < -0.3 is 27.0 Å². The lowest BCUT2D eigenvalue weighted by Gasteiger charge is -2.22. The maximum absolute atomic E-state index is 7.41. The van der Waals surface area contributed by atoms with Crippen molar-refractivity contribution in [3.05, 3.63) is 332 Å². The molecule has 16 aromatic carbocycles. The number of furan rings is 3. The number of nitrogens with zero attached hydrogens (tertiary/aromatic N) is 3. The molecule has 7 aromatic heterocycles. The van der Waals surface area contributed by atoms with E-state index in [9.17, 15) is 0 Å². The average molecular weight is 1410 g/mol. The highest BCUT2D eigenvalue weighted by Crippen LogP contribution is 2.61. The van der Waals surface area contributed by atoms with Gasteiger partial charge in [-0.25, -0.2) is 0 Å². The average Bonchev–Trinajstić information content (AvgIpc) is 1.51. The fraction of sp³-hybridized carbons (Fsp3) is 0.0588. The molecule has 0 atom stereocenters. The molecule has 0 bridgehead atoms. The number of para-hydroxylation sites is 6. The van der Waals surface area contributed by atoms with E-state index >= 15 is 0 Å². The highest BCUT2D eigenvalue weighted by atomic mass is 32.1. The first-order valence-corrected chi connectivity index (χ1v) is 38.6. The maximum atomic E-state index is 7.41. The SMILES string of the molecule is CC1(C)c2ccccc2-c2c1c1c3ccccc3oc1c1c2c2cc(-c3ccc4c(c3)c3ccccc3n4-c3cccc(-c4cc(-c5ccc6c(c5)oc5c(-n7c8ccccc8c8c9c(c%10c%11ccccc%11oc%10c87)C(C)(C)c7ccccc7-9)cccc56)c5sc6ccccc6c5c4)c3)ccc2n1-c1ccccc1. The van der Waals surface area contributed by atoms with E-state index in [2.05, 4.69) is 351 Å². The van der Waals surface area contributed by atoms with Crippen LogP contribution in [-0.2, 0) is 10.8 Å². The van der Waals surface area contributed by atoms with Crippen molar-refractivity contribution in [3.8, 4) is 72.7 Å². The first-order chi connectivity index (χ1) is 53.6. The Labute approximate surface area is 628 Å². The highest BCUT2D eigenvalue weighted by molar-refractivity contribution is 7.26. The van der Waals surface area contributed by atoms with Gasteiger partial charge in [-0.05, 0) is 182 Å². The second-order valence-electron chi connectivity index (χ2n) is 31.2. The van der Waals surface area contributed by atoms with Crippen LogP contribution < -0.4 is 0 Å². The lowest BCUT2D eigenvalue weighted by atomic mass is 9.80. The maximum Gasteiger partial charge on any atom is 0.160 e. The Hall–Kier alpha value is -13.5. The van der Waals surface area contributed by atoms with Gasteiger partial charge in [0.15, 0.2) is 16.7 Å². The summed E-state index contributed by atoms with van der Waals surface area (Å²) >= 11 is 1.86. The predicted molar refractivity (Wildman–Crippen MR) is 456 cm³/mol. The Morgan fingerprint density at radius 2 is 0.780 bits per heavy atom. The summed E-state index contributed by atoms with van der Waals surface area (Å²) in [7, 11) is 0. The quantitative estimate of drug-likeness (QED) is 0.167. The molecular formula is C102H63N3O3S. The second-order valence-corrected chi connectivity index (χ2v) is 32.3. The van der Waals surface area contributed by atoms with Gasteiger partial charge >= 0.3 is 0 Å². The number of aromatic nitrogens is 3. The van der Waals surface area contributed by atoms with Crippen molar-refractivity contribution in [1.29, 1.82) is 0 Å². The molecule has 25 rings (SSSR count). The van der Waals surface area contributed by atoms with Crippen LogP contribution in [0.4, 0.5) is 0 Å². The Morgan fingerprint density at radius 1 is 0.275 bits per heavy atom. The van der Waals surface area contributed by atoms with Gasteiger partial charge in [-0.3, -0.25) is 0 Å². The zero-order valence-corrected chi connectivity index (χ0v) is 60.7. The number of hydrogen-bond donors (Lipinski definition) is 0. The summed E-state index contributed by atoms with van der Waals surface area (Å²) in [4.78, 5) is 0. The van der Waals surface area contributed by atoms with Gasteiger partial charge in [0, 0.05) is 113 Å². The van der Waals surface area contributed by atoms with Gasteiger partial charge in [0.25, 0.3) is 0 Å². The third-order valence-corrected chi connectivity index (χ3v) is 26.1. The standard InChI is InChI=1S/C102H63N3O3S/c1-101(2)76-36-15-8-30-67(76)87-89-69-32-11-18-39-79(69)105(96(89)99-92(93(87)101)71-34-13-20-42-84(71)107-99)82-40-23-35-66-64-47-44-59(55-85(64)108-97(66)82)72-53-60(54-74-65-29-14-21-43-86(65)109-100(72)74)56-24-22-27-62(50-56)103-78-38-17-10-28-63(78)73-51-57(45-48-80(73)103)58-46-49-81-75(52-58)90-88-68-31-9-16-37-77(68)102(3,4)94(88)91-70-33-12-19-41-83(70)106-98(91)95(90)104(81)61-25-6-5-7-26-61/h5-55H,1-4H3. The fourth-order valence-electron chi connectivity index (χ4n) is 20.3. The molecule has 0 saturated heterocycles. The van der Waals surface area contributed by atoms with Crippen LogP contribution in [0.1, 0.15) is 49.9 Å². The van der Waals surface area contributed by atoms with E-state index in [0.29, 0.717) is 0 Å². The number of rotatable bonds is 6. The van der Waals surface area contributed by atoms with Crippen molar-refractivity contribution in [2.45, 2.75) is 38.5 Å². The Bertz CT molecular complexity index is 8050. The van der Waals surface area contributed by atoms with Crippen LogP contribution in [0.25, 0.3) is 224 Å². The number of fused-ring (bicyclic) bond motifs is 33. The summed E-state index contributed by atoms with van der Waals surface area (Å²) in [5.41, 5.74) is 31.9. The molecule has 0 spiro atoms. The molecule has 0 radical (unpaired) electrons. The van der Waals surface area contributed by atoms with Crippen LogP contribution >= 0.6 is 11.3 Å². The van der Waals surface area contributed by atoms with Gasteiger partial charge in [0.1, 0.15) is 16.7 Å². The van der Waals surface area contributed by atoms with Crippen LogP contribution in [0.2, 0.25) is 0 Å². The second kappa shape index (κ2) is 21.2. The number of benzene rings is 16. The molecule has 109 heavy (non-hydrogen) atoms. The lowest BCUT2D eigenvalue weighted by molar-refractivity contribution is 0.658. The third-order valence-electron chi connectivity index (χ3n) is 24.9. The Balaban J connectivity index is 0.642. The fourth-order valence-corrected chi connectivity index (χ4v) is 21.5. The minimum atomic E-state index is -0.281. The molecule has 0 N–H and O–H groups in total. The Kier molecular flexibility index (Phi) is 11.6. The zero-order chi connectivity index (χ0) is 71.6. The van der Waals surface area contributed by atoms with E-state index in [1.165, 1.54) is 113 Å². The summed E-state index contributed by atoms with van der Waals surface area (Å²) in [6.07, 6.45) is 0.